The lowest BCUT2D eigenvalue weighted by molar-refractivity contribution is -0.117. The highest BCUT2D eigenvalue weighted by atomic mass is 16.5. The summed E-state index contributed by atoms with van der Waals surface area (Å²) < 4.78 is 5.96. The second-order valence-corrected chi connectivity index (χ2v) is 4.71. The first-order chi connectivity index (χ1) is 11.2. The SMILES string of the molecule is COc1ccc(NC(=O)Cn2nnc3ccccc3c2=O)cn1. The van der Waals surface area contributed by atoms with Crippen molar-refractivity contribution in [2.75, 3.05) is 12.4 Å². The maximum atomic E-state index is 12.3. The number of benzene rings is 1. The van der Waals surface area contributed by atoms with Crippen LogP contribution in [0, 0.1) is 0 Å². The zero-order valence-corrected chi connectivity index (χ0v) is 12.3. The smallest absolute Gasteiger partial charge is 0.278 e. The van der Waals surface area contributed by atoms with E-state index in [-0.39, 0.29) is 12.1 Å². The summed E-state index contributed by atoms with van der Waals surface area (Å²) in [7, 11) is 1.51. The van der Waals surface area contributed by atoms with Crippen molar-refractivity contribution in [2.24, 2.45) is 0 Å². The molecule has 0 aliphatic carbocycles. The molecule has 0 fully saturated rings. The molecule has 1 N–H and O–H groups in total. The third kappa shape index (κ3) is 3.15. The number of hydrogen-bond acceptors (Lipinski definition) is 6. The Kier molecular flexibility index (Phi) is 3.96. The van der Waals surface area contributed by atoms with Gasteiger partial charge in [-0.05, 0) is 18.2 Å². The molecule has 2 heterocycles. The van der Waals surface area contributed by atoms with E-state index in [4.69, 9.17) is 4.74 Å². The van der Waals surface area contributed by atoms with Crippen LogP contribution >= 0.6 is 0 Å². The first-order valence-corrected chi connectivity index (χ1v) is 6.80. The number of amides is 1. The minimum atomic E-state index is -0.399. The number of methoxy groups -OCH3 is 1. The molecule has 3 rings (SSSR count). The molecule has 0 spiro atoms. The molecular formula is C15H13N5O3. The summed E-state index contributed by atoms with van der Waals surface area (Å²) in [6.07, 6.45) is 1.46. The van der Waals surface area contributed by atoms with Gasteiger partial charge in [-0.15, -0.1) is 5.10 Å². The van der Waals surface area contributed by atoms with E-state index in [1.54, 1.807) is 36.4 Å². The summed E-state index contributed by atoms with van der Waals surface area (Å²) in [5.41, 5.74) is 0.629. The van der Waals surface area contributed by atoms with Crippen LogP contribution in [0.4, 0.5) is 5.69 Å². The Balaban J connectivity index is 1.77. The van der Waals surface area contributed by atoms with Crippen molar-refractivity contribution in [1.29, 1.82) is 0 Å². The van der Waals surface area contributed by atoms with Crippen LogP contribution in [-0.2, 0) is 11.3 Å². The lowest BCUT2D eigenvalue weighted by atomic mass is 10.2. The maximum absolute atomic E-state index is 12.3. The normalized spacial score (nSPS) is 10.5. The van der Waals surface area contributed by atoms with E-state index < -0.39 is 5.91 Å². The molecule has 8 nitrogen and oxygen atoms in total. The Hall–Kier alpha value is -3.29. The monoisotopic (exact) mass is 311 g/mol. The molecule has 1 aromatic carbocycles. The van der Waals surface area contributed by atoms with Gasteiger partial charge in [0.2, 0.25) is 11.8 Å². The van der Waals surface area contributed by atoms with Gasteiger partial charge in [0.1, 0.15) is 12.1 Å². The zero-order chi connectivity index (χ0) is 16.2. The molecule has 0 atom stereocenters. The highest BCUT2D eigenvalue weighted by Gasteiger charge is 2.09. The molecule has 0 radical (unpaired) electrons. The number of carbonyl (C=O) groups excluding carboxylic acids is 1. The molecule has 0 aliphatic rings. The lowest BCUT2D eigenvalue weighted by Crippen LogP contribution is -2.30. The number of rotatable bonds is 4. The first-order valence-electron chi connectivity index (χ1n) is 6.80. The fourth-order valence-electron chi connectivity index (χ4n) is 2.04. The van der Waals surface area contributed by atoms with Gasteiger partial charge in [0.15, 0.2) is 0 Å². The van der Waals surface area contributed by atoms with Crippen molar-refractivity contribution >= 4 is 22.5 Å². The quantitative estimate of drug-likeness (QED) is 0.766. The van der Waals surface area contributed by atoms with Crippen molar-refractivity contribution in [3.05, 3.63) is 52.9 Å². The third-order valence-corrected chi connectivity index (χ3v) is 3.15. The largest absolute Gasteiger partial charge is 0.481 e. The Morgan fingerprint density at radius 2 is 2.09 bits per heavy atom. The Morgan fingerprint density at radius 3 is 2.83 bits per heavy atom. The molecule has 0 saturated heterocycles. The van der Waals surface area contributed by atoms with Gasteiger partial charge in [-0.2, -0.15) is 0 Å². The molecule has 0 unspecified atom stereocenters. The van der Waals surface area contributed by atoms with Gasteiger partial charge in [-0.3, -0.25) is 9.59 Å². The molecule has 0 bridgehead atoms. The molecular weight excluding hydrogens is 298 g/mol. The molecule has 0 saturated carbocycles. The van der Waals surface area contributed by atoms with E-state index >= 15 is 0 Å². The predicted molar refractivity (Wildman–Crippen MR) is 83.2 cm³/mol. The first kappa shape index (κ1) is 14.6. The number of anilines is 1. The van der Waals surface area contributed by atoms with Crippen molar-refractivity contribution in [3.63, 3.8) is 0 Å². The fraction of sp³-hybridized carbons (Fsp3) is 0.133. The second-order valence-electron chi connectivity index (χ2n) is 4.71. The van der Waals surface area contributed by atoms with Crippen LogP contribution in [0.2, 0.25) is 0 Å². The summed E-state index contributed by atoms with van der Waals surface area (Å²) in [4.78, 5) is 28.3. The topological polar surface area (TPSA) is 99.0 Å². The average Bonchev–Trinajstić information content (AvgIpc) is 2.58. The van der Waals surface area contributed by atoms with Crippen LogP contribution in [0.5, 0.6) is 5.88 Å². The molecule has 0 aliphatic heterocycles. The number of nitrogens with zero attached hydrogens (tertiary/aromatic N) is 4. The predicted octanol–water partition coefficient (Wildman–Crippen LogP) is 0.834. The minimum Gasteiger partial charge on any atom is -0.481 e. The van der Waals surface area contributed by atoms with E-state index in [1.807, 2.05) is 0 Å². The van der Waals surface area contributed by atoms with Gasteiger partial charge in [0.05, 0.1) is 24.4 Å². The summed E-state index contributed by atoms with van der Waals surface area (Å²) in [5.74, 6) is 0.0447. The number of pyridine rings is 1. The number of aromatic nitrogens is 4. The molecule has 3 aromatic rings. The van der Waals surface area contributed by atoms with Gasteiger partial charge in [0, 0.05) is 6.07 Å². The van der Waals surface area contributed by atoms with Crippen molar-refractivity contribution in [1.82, 2.24) is 20.0 Å². The van der Waals surface area contributed by atoms with Gasteiger partial charge < -0.3 is 10.1 Å². The molecule has 116 valence electrons. The van der Waals surface area contributed by atoms with Gasteiger partial charge in [0.25, 0.3) is 5.56 Å². The summed E-state index contributed by atoms with van der Waals surface area (Å²) in [6.45, 7) is -0.233. The van der Waals surface area contributed by atoms with Crippen LogP contribution in [-0.4, -0.2) is 33.0 Å². The van der Waals surface area contributed by atoms with Gasteiger partial charge >= 0.3 is 0 Å². The maximum Gasteiger partial charge on any atom is 0.278 e. The summed E-state index contributed by atoms with van der Waals surface area (Å²) in [5, 5.41) is 10.8. The van der Waals surface area contributed by atoms with Gasteiger partial charge in [-0.25, -0.2) is 9.67 Å². The van der Waals surface area contributed by atoms with Crippen molar-refractivity contribution in [2.45, 2.75) is 6.54 Å². The number of fused-ring (bicyclic) bond motifs is 1. The Morgan fingerprint density at radius 1 is 1.26 bits per heavy atom. The highest BCUT2D eigenvalue weighted by molar-refractivity contribution is 5.90. The Bertz CT molecular complexity index is 905. The Labute approximate surface area is 130 Å². The number of hydrogen-bond donors (Lipinski definition) is 1. The van der Waals surface area contributed by atoms with E-state index in [0.29, 0.717) is 22.5 Å². The van der Waals surface area contributed by atoms with E-state index in [9.17, 15) is 9.59 Å². The van der Waals surface area contributed by atoms with Crippen molar-refractivity contribution in [3.8, 4) is 5.88 Å². The summed E-state index contributed by atoms with van der Waals surface area (Å²) >= 11 is 0. The van der Waals surface area contributed by atoms with Crippen LogP contribution in [0.15, 0.2) is 47.4 Å². The molecule has 2 aromatic heterocycles. The minimum absolute atomic E-state index is 0.233. The van der Waals surface area contributed by atoms with Crippen LogP contribution in [0.3, 0.4) is 0 Å². The molecule has 1 amide bonds. The average molecular weight is 311 g/mol. The zero-order valence-electron chi connectivity index (χ0n) is 12.3. The van der Waals surface area contributed by atoms with E-state index in [2.05, 4.69) is 20.6 Å². The van der Waals surface area contributed by atoms with Crippen molar-refractivity contribution < 1.29 is 9.53 Å². The number of carbonyl (C=O) groups is 1. The highest BCUT2D eigenvalue weighted by Crippen LogP contribution is 2.10. The van der Waals surface area contributed by atoms with Crippen LogP contribution < -0.4 is 15.6 Å². The number of nitrogens with one attached hydrogen (secondary N) is 1. The van der Waals surface area contributed by atoms with Gasteiger partial charge in [-0.1, -0.05) is 17.3 Å². The van der Waals surface area contributed by atoms with Crippen LogP contribution in [0.25, 0.3) is 10.9 Å². The molecule has 8 heteroatoms. The van der Waals surface area contributed by atoms with E-state index in [0.717, 1.165) is 4.68 Å². The number of ether oxygens (including phenoxy) is 1. The standard InChI is InChI=1S/C15H13N5O3/c1-23-14-7-6-10(8-16-14)17-13(21)9-20-15(22)11-4-2-3-5-12(11)18-19-20/h2-8H,9H2,1H3,(H,17,21). The third-order valence-electron chi connectivity index (χ3n) is 3.15. The lowest BCUT2D eigenvalue weighted by Gasteiger charge is -2.07. The fourth-order valence-corrected chi connectivity index (χ4v) is 2.04. The summed E-state index contributed by atoms with van der Waals surface area (Å²) in [6, 6.07) is 10.1. The van der Waals surface area contributed by atoms with E-state index in [1.165, 1.54) is 13.3 Å². The molecule has 23 heavy (non-hydrogen) atoms. The van der Waals surface area contributed by atoms with Crippen LogP contribution in [0.1, 0.15) is 0 Å². The second kappa shape index (κ2) is 6.22.